The summed E-state index contributed by atoms with van der Waals surface area (Å²) in [7, 11) is 4.10. The van der Waals surface area contributed by atoms with Crippen LogP contribution in [-0.2, 0) is 14.3 Å². The third-order valence-corrected chi connectivity index (χ3v) is 4.87. The number of quaternary nitrogens is 1. The van der Waals surface area contributed by atoms with Crippen LogP contribution in [0.1, 0.15) is 6.92 Å². The van der Waals surface area contributed by atoms with Crippen LogP contribution < -0.4 is 14.5 Å². The molecule has 8 heteroatoms. The first-order chi connectivity index (χ1) is 12.6. The number of nitrogens with one attached hydrogen (secondary N) is 1. The van der Waals surface area contributed by atoms with Gasteiger partial charge in [0.25, 0.3) is 5.91 Å². The van der Waals surface area contributed by atoms with Crippen LogP contribution in [0.5, 0.6) is 5.75 Å². The molecule has 1 aromatic heterocycles. The molecule has 3 rings (SSSR count). The number of hydrogen-bond acceptors (Lipinski definition) is 6. The Morgan fingerprint density at radius 3 is 2.92 bits per heavy atom. The summed E-state index contributed by atoms with van der Waals surface area (Å²) in [4.78, 5) is 20.5. The maximum Gasteiger partial charge on any atom is 0.298 e. The van der Waals surface area contributed by atoms with Gasteiger partial charge in [-0.3, -0.25) is 9.69 Å². The summed E-state index contributed by atoms with van der Waals surface area (Å²) in [6, 6.07) is 5.77. The summed E-state index contributed by atoms with van der Waals surface area (Å²) in [6.45, 7) is 4.73. The molecule has 0 unspecified atom stereocenters. The largest absolute Gasteiger partial charge is 0.494 e. The zero-order valence-corrected chi connectivity index (χ0v) is 16.1. The first-order valence-electron chi connectivity index (χ1n) is 8.67. The van der Waals surface area contributed by atoms with Gasteiger partial charge < -0.3 is 19.1 Å². The molecular weight excluding hydrogens is 354 g/mol. The minimum absolute atomic E-state index is 0.222. The van der Waals surface area contributed by atoms with Gasteiger partial charge in [-0.05, 0) is 25.1 Å². The monoisotopic (exact) mass is 378 g/mol. The number of anilines is 1. The predicted molar refractivity (Wildman–Crippen MR) is 101 cm³/mol. The van der Waals surface area contributed by atoms with E-state index in [1.165, 1.54) is 22.5 Å². The van der Waals surface area contributed by atoms with E-state index in [2.05, 4.69) is 19.1 Å². The van der Waals surface area contributed by atoms with Crippen molar-refractivity contribution in [1.82, 2.24) is 4.98 Å². The highest BCUT2D eigenvalue weighted by Crippen LogP contribution is 2.32. The van der Waals surface area contributed by atoms with Crippen LogP contribution in [0.25, 0.3) is 10.2 Å². The standard InChI is InChI=1S/C18H23N3O4S/c1-4-24-13-5-6-14-16(11-13)26-18(19-14)21(8-7-20(2)3)17(22)15-12-23-9-10-25-15/h5-6,11-12H,4,7-10H2,1-3H3/p+1. The number of amides is 1. The summed E-state index contributed by atoms with van der Waals surface area (Å²) >= 11 is 1.47. The van der Waals surface area contributed by atoms with Gasteiger partial charge in [-0.25, -0.2) is 4.98 Å². The molecule has 1 N–H and O–H groups in total. The summed E-state index contributed by atoms with van der Waals surface area (Å²) in [5.41, 5.74) is 0.846. The van der Waals surface area contributed by atoms with Gasteiger partial charge >= 0.3 is 0 Å². The van der Waals surface area contributed by atoms with Gasteiger partial charge in [0.1, 0.15) is 25.2 Å². The Bertz CT molecular complexity index is 803. The molecule has 0 atom stereocenters. The molecule has 1 aromatic carbocycles. The lowest BCUT2D eigenvalue weighted by molar-refractivity contribution is -0.856. The van der Waals surface area contributed by atoms with Gasteiger partial charge in [-0.15, -0.1) is 0 Å². The third-order valence-electron chi connectivity index (χ3n) is 3.83. The number of carbonyl (C=O) groups is 1. The zero-order chi connectivity index (χ0) is 18.5. The van der Waals surface area contributed by atoms with Gasteiger partial charge in [-0.1, -0.05) is 11.3 Å². The van der Waals surface area contributed by atoms with Crippen LogP contribution in [0.2, 0.25) is 0 Å². The van der Waals surface area contributed by atoms with Gasteiger partial charge in [0, 0.05) is 0 Å². The SMILES string of the molecule is CCOc1ccc2nc(N(CC[NH+](C)C)C(=O)C3=COCCO3)sc2c1. The second-order valence-corrected chi connectivity index (χ2v) is 7.18. The van der Waals surface area contributed by atoms with Crippen molar-refractivity contribution in [2.24, 2.45) is 0 Å². The molecule has 0 fully saturated rings. The Morgan fingerprint density at radius 1 is 1.38 bits per heavy atom. The molecule has 0 spiro atoms. The highest BCUT2D eigenvalue weighted by Gasteiger charge is 2.26. The average Bonchev–Trinajstić information content (AvgIpc) is 3.05. The summed E-state index contributed by atoms with van der Waals surface area (Å²) in [5, 5.41) is 0.648. The minimum atomic E-state index is -0.227. The second-order valence-electron chi connectivity index (χ2n) is 6.17. The number of nitrogens with zero attached hydrogens (tertiary/aromatic N) is 2. The van der Waals surface area contributed by atoms with Crippen molar-refractivity contribution in [3.05, 3.63) is 30.2 Å². The normalized spacial score (nSPS) is 13.9. The number of rotatable bonds is 7. The molecule has 2 heterocycles. The molecule has 0 aliphatic carbocycles. The number of carbonyl (C=O) groups excluding carboxylic acids is 1. The predicted octanol–water partition coefficient (Wildman–Crippen LogP) is 1.06. The fourth-order valence-corrected chi connectivity index (χ4v) is 3.52. The molecule has 26 heavy (non-hydrogen) atoms. The molecule has 0 radical (unpaired) electrons. The summed E-state index contributed by atoms with van der Waals surface area (Å²) in [5.74, 6) is 0.798. The molecule has 0 saturated carbocycles. The smallest absolute Gasteiger partial charge is 0.298 e. The number of hydrogen-bond donors (Lipinski definition) is 1. The van der Waals surface area contributed by atoms with Crippen molar-refractivity contribution >= 4 is 32.6 Å². The molecule has 0 saturated heterocycles. The van der Waals surface area contributed by atoms with Crippen LogP contribution in [0.4, 0.5) is 5.13 Å². The van der Waals surface area contributed by atoms with Crippen LogP contribution >= 0.6 is 11.3 Å². The molecule has 1 amide bonds. The number of aromatic nitrogens is 1. The third kappa shape index (κ3) is 4.25. The first kappa shape index (κ1) is 18.5. The van der Waals surface area contributed by atoms with E-state index in [-0.39, 0.29) is 11.7 Å². The Balaban J connectivity index is 1.91. The molecule has 140 valence electrons. The lowest BCUT2D eigenvalue weighted by Crippen LogP contribution is -3.06. The van der Waals surface area contributed by atoms with Crippen molar-refractivity contribution in [2.75, 3.05) is 51.9 Å². The first-order valence-corrected chi connectivity index (χ1v) is 9.49. The quantitative estimate of drug-likeness (QED) is 0.781. The highest BCUT2D eigenvalue weighted by molar-refractivity contribution is 7.22. The van der Waals surface area contributed by atoms with Gasteiger partial charge in [-0.2, -0.15) is 0 Å². The van der Waals surface area contributed by atoms with Crippen molar-refractivity contribution in [3.8, 4) is 5.75 Å². The summed E-state index contributed by atoms with van der Waals surface area (Å²) in [6.07, 6.45) is 1.39. The minimum Gasteiger partial charge on any atom is -0.494 e. The second kappa shape index (κ2) is 8.37. The fraction of sp³-hybridized carbons (Fsp3) is 0.444. The van der Waals surface area contributed by atoms with Gasteiger partial charge in [0.2, 0.25) is 5.76 Å². The Labute approximate surface area is 156 Å². The van der Waals surface area contributed by atoms with Gasteiger partial charge in [0.05, 0.1) is 44.0 Å². The fourth-order valence-electron chi connectivity index (χ4n) is 2.50. The highest BCUT2D eigenvalue weighted by atomic mass is 32.1. The number of thiazole rings is 1. The van der Waals surface area contributed by atoms with Gasteiger partial charge in [0.15, 0.2) is 5.13 Å². The van der Waals surface area contributed by atoms with E-state index in [0.717, 1.165) is 22.5 Å². The number of likely N-dealkylation sites (N-methyl/N-ethyl adjacent to an activating group) is 1. The van der Waals surface area contributed by atoms with E-state index in [1.54, 1.807) is 4.90 Å². The van der Waals surface area contributed by atoms with Crippen LogP contribution in [0.15, 0.2) is 30.2 Å². The zero-order valence-electron chi connectivity index (χ0n) is 15.3. The lowest BCUT2D eigenvalue weighted by Gasteiger charge is -2.23. The van der Waals surface area contributed by atoms with E-state index in [1.807, 2.05) is 25.1 Å². The molecule has 1 aliphatic heterocycles. The average molecular weight is 378 g/mol. The number of fused-ring (bicyclic) bond motifs is 1. The van der Waals surface area contributed by atoms with Crippen LogP contribution in [-0.4, -0.2) is 57.9 Å². The van der Waals surface area contributed by atoms with E-state index >= 15 is 0 Å². The van der Waals surface area contributed by atoms with E-state index in [0.29, 0.717) is 31.5 Å². The Kier molecular flexibility index (Phi) is 5.95. The molecule has 1 aliphatic rings. The maximum atomic E-state index is 12.9. The van der Waals surface area contributed by atoms with E-state index in [9.17, 15) is 4.79 Å². The molecule has 0 bridgehead atoms. The van der Waals surface area contributed by atoms with Crippen molar-refractivity contribution in [3.63, 3.8) is 0 Å². The molecular formula is C18H24N3O4S+. The maximum absolute atomic E-state index is 12.9. The number of ether oxygens (including phenoxy) is 3. The molecule has 7 nitrogen and oxygen atoms in total. The van der Waals surface area contributed by atoms with Crippen molar-refractivity contribution in [2.45, 2.75) is 6.92 Å². The van der Waals surface area contributed by atoms with E-state index < -0.39 is 0 Å². The lowest BCUT2D eigenvalue weighted by atomic mass is 10.3. The van der Waals surface area contributed by atoms with Crippen molar-refractivity contribution < 1.29 is 23.9 Å². The Morgan fingerprint density at radius 2 is 2.23 bits per heavy atom. The molecule has 2 aromatic rings. The van der Waals surface area contributed by atoms with Crippen LogP contribution in [0, 0.1) is 0 Å². The Hall–Kier alpha value is -2.32. The van der Waals surface area contributed by atoms with Crippen molar-refractivity contribution in [1.29, 1.82) is 0 Å². The summed E-state index contributed by atoms with van der Waals surface area (Å²) < 4.78 is 17.2. The van der Waals surface area contributed by atoms with E-state index in [4.69, 9.17) is 14.2 Å². The topological polar surface area (TPSA) is 65.3 Å². The van der Waals surface area contributed by atoms with Crippen LogP contribution in [0.3, 0.4) is 0 Å². The number of benzene rings is 1.